The molecule has 2 rings (SSSR count). The number of sulfonamides is 1. The highest BCUT2D eigenvalue weighted by atomic mass is 79.9. The SMILES string of the molecule is O=S(=O)(c1ccc(Br)cc1Br)N1CCCC1CO. The van der Waals surface area contributed by atoms with Crippen molar-refractivity contribution in [1.82, 2.24) is 4.31 Å². The van der Waals surface area contributed by atoms with E-state index in [4.69, 9.17) is 0 Å². The number of hydrogen-bond donors (Lipinski definition) is 1. The van der Waals surface area contributed by atoms with Crippen LogP contribution in [-0.4, -0.2) is 37.0 Å². The lowest BCUT2D eigenvalue weighted by molar-refractivity contribution is 0.213. The summed E-state index contributed by atoms with van der Waals surface area (Å²) >= 11 is 6.57. The van der Waals surface area contributed by atoms with Gasteiger partial charge in [-0.15, -0.1) is 0 Å². The standard InChI is InChI=1S/C11H13Br2NO3S/c12-8-3-4-11(10(13)6-8)18(16,17)14-5-1-2-9(14)7-15/h3-4,6,9,15H,1-2,5,7H2. The van der Waals surface area contributed by atoms with Crippen molar-refractivity contribution in [3.8, 4) is 0 Å². The van der Waals surface area contributed by atoms with Crippen LogP contribution < -0.4 is 0 Å². The Hall–Kier alpha value is 0.0500. The second-order valence-corrected chi connectivity index (χ2v) is 7.80. The van der Waals surface area contributed by atoms with Gasteiger partial charge in [0, 0.05) is 21.5 Å². The van der Waals surface area contributed by atoms with Gasteiger partial charge in [-0.05, 0) is 47.0 Å². The van der Waals surface area contributed by atoms with Crippen LogP contribution in [0.4, 0.5) is 0 Å². The van der Waals surface area contributed by atoms with Crippen LogP contribution in [0.25, 0.3) is 0 Å². The van der Waals surface area contributed by atoms with Crippen molar-refractivity contribution in [2.24, 2.45) is 0 Å². The predicted octanol–water partition coefficient (Wildman–Crippen LogP) is 2.36. The Morgan fingerprint density at radius 1 is 1.39 bits per heavy atom. The third kappa shape index (κ3) is 2.65. The van der Waals surface area contributed by atoms with Crippen LogP contribution in [0.3, 0.4) is 0 Å². The van der Waals surface area contributed by atoms with Gasteiger partial charge in [-0.25, -0.2) is 8.42 Å². The van der Waals surface area contributed by atoms with Crippen molar-refractivity contribution in [3.05, 3.63) is 27.1 Å². The number of aliphatic hydroxyl groups excluding tert-OH is 1. The van der Waals surface area contributed by atoms with Crippen LogP contribution >= 0.6 is 31.9 Å². The minimum absolute atomic E-state index is 0.132. The highest BCUT2D eigenvalue weighted by Crippen LogP contribution is 2.31. The van der Waals surface area contributed by atoms with E-state index in [0.29, 0.717) is 17.4 Å². The zero-order valence-corrected chi connectivity index (χ0v) is 13.5. The van der Waals surface area contributed by atoms with Crippen molar-refractivity contribution in [2.45, 2.75) is 23.8 Å². The molecule has 7 heteroatoms. The van der Waals surface area contributed by atoms with E-state index in [9.17, 15) is 13.5 Å². The largest absolute Gasteiger partial charge is 0.395 e. The van der Waals surface area contributed by atoms with Crippen LogP contribution in [0.5, 0.6) is 0 Å². The van der Waals surface area contributed by atoms with E-state index in [2.05, 4.69) is 31.9 Å². The fourth-order valence-corrected chi connectivity index (χ4v) is 5.51. The summed E-state index contributed by atoms with van der Waals surface area (Å²) in [5.74, 6) is 0. The summed E-state index contributed by atoms with van der Waals surface area (Å²) in [5.41, 5.74) is 0. The Bertz CT molecular complexity index is 547. The summed E-state index contributed by atoms with van der Waals surface area (Å²) in [6, 6.07) is 4.67. The maximum Gasteiger partial charge on any atom is 0.244 e. The summed E-state index contributed by atoms with van der Waals surface area (Å²) in [5, 5.41) is 9.23. The van der Waals surface area contributed by atoms with Crippen molar-refractivity contribution in [2.75, 3.05) is 13.2 Å². The molecule has 1 unspecified atom stereocenters. The molecule has 0 radical (unpaired) electrons. The molecule has 1 aliphatic heterocycles. The lowest BCUT2D eigenvalue weighted by Crippen LogP contribution is -2.37. The lowest BCUT2D eigenvalue weighted by Gasteiger charge is -2.23. The fraction of sp³-hybridized carbons (Fsp3) is 0.455. The molecule has 0 amide bonds. The molecular formula is C11H13Br2NO3S. The quantitative estimate of drug-likeness (QED) is 0.850. The Labute approximate surface area is 123 Å². The van der Waals surface area contributed by atoms with Gasteiger partial charge >= 0.3 is 0 Å². The van der Waals surface area contributed by atoms with E-state index in [1.165, 1.54) is 4.31 Å². The molecule has 100 valence electrons. The zero-order chi connectivity index (χ0) is 13.3. The smallest absolute Gasteiger partial charge is 0.244 e. The van der Waals surface area contributed by atoms with Crippen LogP contribution in [0.15, 0.2) is 32.0 Å². The highest BCUT2D eigenvalue weighted by Gasteiger charge is 2.35. The fourth-order valence-electron chi connectivity index (χ4n) is 2.12. The summed E-state index contributed by atoms with van der Waals surface area (Å²) in [4.78, 5) is 0.242. The number of benzene rings is 1. The van der Waals surface area contributed by atoms with Gasteiger partial charge in [-0.1, -0.05) is 15.9 Å². The molecule has 1 saturated heterocycles. The van der Waals surface area contributed by atoms with E-state index in [-0.39, 0.29) is 17.5 Å². The van der Waals surface area contributed by atoms with Crippen molar-refractivity contribution in [3.63, 3.8) is 0 Å². The van der Waals surface area contributed by atoms with Gasteiger partial charge in [0.25, 0.3) is 0 Å². The first-order chi connectivity index (χ1) is 8.46. The van der Waals surface area contributed by atoms with E-state index >= 15 is 0 Å². The Morgan fingerprint density at radius 2 is 2.11 bits per heavy atom. The maximum absolute atomic E-state index is 12.5. The van der Waals surface area contributed by atoms with E-state index in [1.54, 1.807) is 18.2 Å². The second kappa shape index (κ2) is 5.58. The molecule has 1 N–H and O–H groups in total. The molecule has 0 aromatic heterocycles. The predicted molar refractivity (Wildman–Crippen MR) is 75.8 cm³/mol. The van der Waals surface area contributed by atoms with Gasteiger partial charge in [0.05, 0.1) is 11.5 Å². The molecule has 1 heterocycles. The van der Waals surface area contributed by atoms with Crippen LogP contribution in [0.1, 0.15) is 12.8 Å². The second-order valence-electron chi connectivity index (χ2n) is 4.17. The number of hydrogen-bond acceptors (Lipinski definition) is 3. The number of nitrogens with zero attached hydrogens (tertiary/aromatic N) is 1. The van der Waals surface area contributed by atoms with Crippen molar-refractivity contribution >= 4 is 41.9 Å². The molecule has 0 spiro atoms. The summed E-state index contributed by atoms with van der Waals surface area (Å²) < 4.78 is 27.7. The third-order valence-corrected chi connectivity index (χ3v) is 6.44. The monoisotopic (exact) mass is 397 g/mol. The first-order valence-electron chi connectivity index (χ1n) is 5.54. The summed E-state index contributed by atoms with van der Waals surface area (Å²) in [6.45, 7) is 0.337. The molecular weight excluding hydrogens is 386 g/mol. The number of halogens is 2. The molecule has 18 heavy (non-hydrogen) atoms. The molecule has 1 fully saturated rings. The Morgan fingerprint density at radius 3 is 2.72 bits per heavy atom. The van der Waals surface area contributed by atoms with Crippen molar-refractivity contribution in [1.29, 1.82) is 0 Å². The molecule has 0 aliphatic carbocycles. The zero-order valence-electron chi connectivity index (χ0n) is 9.51. The van der Waals surface area contributed by atoms with Gasteiger partial charge in [0.2, 0.25) is 10.0 Å². The summed E-state index contributed by atoms with van der Waals surface area (Å²) in [7, 11) is -3.54. The van der Waals surface area contributed by atoms with E-state index in [1.807, 2.05) is 0 Å². The topological polar surface area (TPSA) is 57.6 Å². The maximum atomic E-state index is 12.5. The van der Waals surface area contributed by atoms with Gasteiger partial charge in [0.1, 0.15) is 0 Å². The normalized spacial score (nSPS) is 21.4. The lowest BCUT2D eigenvalue weighted by atomic mass is 10.2. The first kappa shape index (κ1) is 14.5. The first-order valence-corrected chi connectivity index (χ1v) is 8.57. The average molecular weight is 399 g/mol. The van der Waals surface area contributed by atoms with Gasteiger partial charge in [-0.3, -0.25) is 0 Å². The van der Waals surface area contributed by atoms with Crippen LogP contribution in [-0.2, 0) is 10.0 Å². The third-order valence-electron chi connectivity index (χ3n) is 3.01. The number of rotatable bonds is 3. The van der Waals surface area contributed by atoms with E-state index in [0.717, 1.165) is 10.9 Å². The minimum atomic E-state index is -3.54. The van der Waals surface area contributed by atoms with E-state index < -0.39 is 10.0 Å². The molecule has 1 aromatic carbocycles. The molecule has 0 bridgehead atoms. The average Bonchev–Trinajstić information content (AvgIpc) is 2.76. The Kier molecular flexibility index (Phi) is 4.48. The Balaban J connectivity index is 2.42. The summed E-state index contributed by atoms with van der Waals surface area (Å²) in [6.07, 6.45) is 1.50. The van der Waals surface area contributed by atoms with Crippen molar-refractivity contribution < 1.29 is 13.5 Å². The highest BCUT2D eigenvalue weighted by molar-refractivity contribution is 9.11. The molecule has 1 atom stereocenters. The molecule has 1 aliphatic rings. The van der Waals surface area contributed by atoms with Gasteiger partial charge in [0.15, 0.2) is 0 Å². The molecule has 4 nitrogen and oxygen atoms in total. The van der Waals surface area contributed by atoms with Crippen LogP contribution in [0.2, 0.25) is 0 Å². The minimum Gasteiger partial charge on any atom is -0.395 e. The molecule has 0 saturated carbocycles. The molecule has 1 aromatic rings. The van der Waals surface area contributed by atoms with Gasteiger partial charge < -0.3 is 5.11 Å². The van der Waals surface area contributed by atoms with Gasteiger partial charge in [-0.2, -0.15) is 4.31 Å². The number of aliphatic hydroxyl groups is 1. The van der Waals surface area contributed by atoms with Crippen LogP contribution in [0, 0.1) is 0 Å².